The second-order valence-corrected chi connectivity index (χ2v) is 8.98. The number of amides is 1. The molecule has 3 aliphatic rings. The first-order valence-electron chi connectivity index (χ1n) is 10.8. The summed E-state index contributed by atoms with van der Waals surface area (Å²) in [6.45, 7) is 1.42. The van der Waals surface area contributed by atoms with E-state index in [0.29, 0.717) is 25.2 Å². The third-order valence-corrected chi connectivity index (χ3v) is 7.16. The Hall–Kier alpha value is -2.76. The van der Waals surface area contributed by atoms with E-state index >= 15 is 0 Å². The van der Waals surface area contributed by atoms with E-state index in [9.17, 15) is 18.0 Å². The van der Waals surface area contributed by atoms with Crippen molar-refractivity contribution in [1.82, 2.24) is 5.32 Å². The van der Waals surface area contributed by atoms with Crippen LogP contribution in [0.15, 0.2) is 54.6 Å². The number of fused-ring (bicyclic) bond motifs is 1. The number of benzene rings is 2. The third kappa shape index (κ3) is 3.84. The molecule has 2 fully saturated rings. The molecule has 2 aliphatic carbocycles. The van der Waals surface area contributed by atoms with Gasteiger partial charge in [-0.15, -0.1) is 0 Å². The van der Waals surface area contributed by atoms with Crippen molar-refractivity contribution < 1.29 is 18.0 Å². The number of alkyl halides is 3. The second kappa shape index (κ2) is 7.43. The first kappa shape index (κ1) is 20.2. The van der Waals surface area contributed by atoms with Gasteiger partial charge in [-0.1, -0.05) is 42.5 Å². The van der Waals surface area contributed by atoms with Crippen molar-refractivity contribution in [2.24, 2.45) is 5.41 Å². The number of carbonyl (C=O) groups is 1. The molecule has 162 valence electrons. The number of nitrogens with one attached hydrogen (secondary N) is 1. The number of carbonyl (C=O) groups excluding carboxylic acids is 1. The van der Waals surface area contributed by atoms with Crippen molar-refractivity contribution in [3.05, 3.63) is 71.3 Å². The Morgan fingerprint density at radius 2 is 1.84 bits per heavy atom. The molecule has 2 atom stereocenters. The fraction of sp³-hybridized carbons (Fsp3) is 0.400. The molecule has 5 rings (SSSR count). The lowest BCUT2D eigenvalue weighted by molar-refractivity contribution is -0.137. The largest absolute Gasteiger partial charge is 0.416 e. The van der Waals surface area contributed by atoms with E-state index in [-0.39, 0.29) is 23.3 Å². The summed E-state index contributed by atoms with van der Waals surface area (Å²) in [6.07, 6.45) is 3.24. The number of nitrogens with zero attached hydrogens (tertiary/aromatic N) is 1. The van der Waals surface area contributed by atoms with Gasteiger partial charge in [0.15, 0.2) is 0 Å². The number of rotatable bonds is 3. The highest BCUT2D eigenvalue weighted by Crippen LogP contribution is 2.54. The van der Waals surface area contributed by atoms with Gasteiger partial charge in [0.25, 0.3) is 0 Å². The number of hydrogen-bond acceptors (Lipinski definition) is 2. The van der Waals surface area contributed by atoms with Gasteiger partial charge in [-0.3, -0.25) is 4.79 Å². The smallest absolute Gasteiger partial charge is 0.371 e. The minimum Gasteiger partial charge on any atom is -0.371 e. The van der Waals surface area contributed by atoms with Crippen molar-refractivity contribution >= 4 is 17.7 Å². The maximum atomic E-state index is 13.0. The molecular formula is C25H25F3N2O. The summed E-state index contributed by atoms with van der Waals surface area (Å²) in [7, 11) is 0. The molecule has 2 aromatic rings. The predicted molar refractivity (Wildman–Crippen MR) is 115 cm³/mol. The maximum Gasteiger partial charge on any atom is 0.416 e. The number of hydrogen-bond donors (Lipinski definition) is 1. The zero-order valence-corrected chi connectivity index (χ0v) is 17.2. The molecule has 0 radical (unpaired) electrons. The van der Waals surface area contributed by atoms with E-state index in [2.05, 4.69) is 17.5 Å². The lowest BCUT2D eigenvalue weighted by Crippen LogP contribution is -2.40. The Balaban J connectivity index is 1.20. The summed E-state index contributed by atoms with van der Waals surface area (Å²) < 4.78 is 39.1. The van der Waals surface area contributed by atoms with E-state index in [1.165, 1.54) is 12.1 Å². The molecule has 1 aliphatic heterocycles. The Labute approximate surface area is 179 Å². The monoisotopic (exact) mass is 426 g/mol. The minimum atomic E-state index is -4.33. The molecule has 1 saturated carbocycles. The number of allylic oxidation sites excluding steroid dienone is 1. The first-order chi connectivity index (χ1) is 14.9. The molecule has 31 heavy (non-hydrogen) atoms. The average Bonchev–Trinajstić information content (AvgIpc) is 3.43. The molecule has 0 aromatic heterocycles. The van der Waals surface area contributed by atoms with Crippen LogP contribution in [-0.4, -0.2) is 25.0 Å². The lowest BCUT2D eigenvalue weighted by atomic mass is 9.86. The molecule has 3 nitrogen and oxygen atoms in total. The number of piperidine rings is 1. The summed E-state index contributed by atoms with van der Waals surface area (Å²) in [5, 5.41) is 3.27. The van der Waals surface area contributed by atoms with Gasteiger partial charge < -0.3 is 10.2 Å². The zero-order chi connectivity index (χ0) is 21.6. The van der Waals surface area contributed by atoms with Crippen molar-refractivity contribution in [3.8, 4) is 0 Å². The van der Waals surface area contributed by atoms with Crippen LogP contribution in [0.3, 0.4) is 0 Å². The summed E-state index contributed by atoms with van der Waals surface area (Å²) in [6, 6.07) is 13.7. The Kier molecular flexibility index (Phi) is 4.83. The highest BCUT2D eigenvalue weighted by molar-refractivity contribution is 5.86. The highest BCUT2D eigenvalue weighted by atomic mass is 19.4. The highest BCUT2D eigenvalue weighted by Gasteiger charge is 2.56. The Bertz CT molecular complexity index is 1020. The van der Waals surface area contributed by atoms with Crippen LogP contribution >= 0.6 is 0 Å². The first-order valence-corrected chi connectivity index (χ1v) is 10.8. The third-order valence-electron chi connectivity index (χ3n) is 7.16. The zero-order valence-electron chi connectivity index (χ0n) is 17.2. The van der Waals surface area contributed by atoms with Crippen LogP contribution in [-0.2, 0) is 11.0 Å². The van der Waals surface area contributed by atoms with Gasteiger partial charge in [0, 0.05) is 24.8 Å². The number of anilines is 1. The van der Waals surface area contributed by atoms with E-state index < -0.39 is 11.7 Å². The van der Waals surface area contributed by atoms with Crippen LogP contribution in [0.25, 0.3) is 6.08 Å². The summed E-state index contributed by atoms with van der Waals surface area (Å²) in [5.74, 6) is -0.0666. The standard InChI is InChI=1S/C25H25F3N2O/c26-25(27,28)18-7-4-8-19(15-18)30-13-11-24(12-14-30)16-22(24)29-23(31)21-10-3-6-17-5-1-2-9-20(17)21/h1-9,15,21-22H,10-14,16H2,(H,29,31). The van der Waals surface area contributed by atoms with Crippen molar-refractivity contribution in [2.75, 3.05) is 18.0 Å². The topological polar surface area (TPSA) is 32.3 Å². The molecule has 2 unspecified atom stereocenters. The van der Waals surface area contributed by atoms with Gasteiger partial charge in [-0.25, -0.2) is 0 Å². The van der Waals surface area contributed by atoms with Crippen LogP contribution in [0.1, 0.15) is 48.3 Å². The van der Waals surface area contributed by atoms with Crippen LogP contribution in [0, 0.1) is 5.41 Å². The van der Waals surface area contributed by atoms with Crippen LogP contribution in [0.2, 0.25) is 0 Å². The minimum absolute atomic E-state index is 0.0824. The van der Waals surface area contributed by atoms with E-state index in [1.807, 2.05) is 29.2 Å². The molecular weight excluding hydrogens is 401 g/mol. The van der Waals surface area contributed by atoms with Crippen LogP contribution in [0.4, 0.5) is 18.9 Å². The molecule has 1 amide bonds. The van der Waals surface area contributed by atoms with Crippen molar-refractivity contribution in [2.45, 2.75) is 43.8 Å². The van der Waals surface area contributed by atoms with Gasteiger partial charge in [0.2, 0.25) is 5.91 Å². The summed E-state index contributed by atoms with van der Waals surface area (Å²) in [5.41, 5.74) is 2.29. The van der Waals surface area contributed by atoms with E-state index in [0.717, 1.165) is 36.5 Å². The number of halogens is 3. The predicted octanol–water partition coefficient (Wildman–Crippen LogP) is 5.38. The molecule has 6 heteroatoms. The molecule has 0 bridgehead atoms. The quantitative estimate of drug-likeness (QED) is 0.715. The van der Waals surface area contributed by atoms with E-state index in [1.54, 1.807) is 6.07 Å². The molecule has 2 aromatic carbocycles. The second-order valence-electron chi connectivity index (χ2n) is 8.98. The van der Waals surface area contributed by atoms with Gasteiger partial charge in [-0.2, -0.15) is 13.2 Å². The van der Waals surface area contributed by atoms with Gasteiger partial charge >= 0.3 is 6.18 Å². The molecule has 1 spiro atoms. The molecule has 1 heterocycles. The Morgan fingerprint density at radius 3 is 2.61 bits per heavy atom. The molecule has 1 N–H and O–H groups in total. The van der Waals surface area contributed by atoms with Gasteiger partial charge in [-0.05, 0) is 60.4 Å². The Morgan fingerprint density at radius 1 is 1.06 bits per heavy atom. The fourth-order valence-corrected chi connectivity index (χ4v) is 5.15. The summed E-state index contributed by atoms with van der Waals surface area (Å²) >= 11 is 0. The van der Waals surface area contributed by atoms with Crippen molar-refractivity contribution in [1.29, 1.82) is 0 Å². The van der Waals surface area contributed by atoms with Crippen LogP contribution < -0.4 is 10.2 Å². The normalized spacial score (nSPS) is 24.0. The SMILES string of the molecule is O=C(NC1CC12CCN(c1cccc(C(F)(F)F)c1)CC2)C1CC=Cc2ccccc21. The van der Waals surface area contributed by atoms with Crippen molar-refractivity contribution in [3.63, 3.8) is 0 Å². The van der Waals surface area contributed by atoms with Gasteiger partial charge in [0.1, 0.15) is 0 Å². The van der Waals surface area contributed by atoms with Crippen LogP contribution in [0.5, 0.6) is 0 Å². The maximum absolute atomic E-state index is 13.0. The molecule has 1 saturated heterocycles. The lowest BCUT2D eigenvalue weighted by Gasteiger charge is -2.35. The average molecular weight is 426 g/mol. The van der Waals surface area contributed by atoms with Gasteiger partial charge in [0.05, 0.1) is 11.5 Å². The fourth-order valence-electron chi connectivity index (χ4n) is 5.15. The van der Waals surface area contributed by atoms with E-state index in [4.69, 9.17) is 0 Å². The summed E-state index contributed by atoms with van der Waals surface area (Å²) in [4.78, 5) is 15.0.